The van der Waals surface area contributed by atoms with Crippen molar-refractivity contribution in [1.82, 2.24) is 4.90 Å². The van der Waals surface area contributed by atoms with Gasteiger partial charge in [-0.05, 0) is 32.0 Å². The van der Waals surface area contributed by atoms with Crippen molar-refractivity contribution in [3.05, 3.63) is 83.9 Å². The molecule has 1 aliphatic heterocycles. The largest absolute Gasteiger partial charge is 0.285 e. The highest BCUT2D eigenvalue weighted by molar-refractivity contribution is 5.39. The van der Waals surface area contributed by atoms with Gasteiger partial charge in [0.25, 0.3) is 0 Å². The lowest BCUT2D eigenvalue weighted by Crippen LogP contribution is -2.55. The Kier molecular flexibility index (Phi) is 3.83. The Bertz CT molecular complexity index is 744. The summed E-state index contributed by atoms with van der Waals surface area (Å²) in [4.78, 5) is 2.32. The standard InChI is InChI=1S/C21H22N2/c1-20(16-22)15-14-19(17-10-6-4-7-11-17)23(3)21(20,2)18-12-8-5-9-13-18/h4-15,19H,1-3H3. The highest BCUT2D eigenvalue weighted by Crippen LogP contribution is 2.51. The third-order valence-electron chi connectivity index (χ3n) is 5.46. The summed E-state index contributed by atoms with van der Waals surface area (Å²) in [7, 11) is 2.11. The first-order valence-electron chi connectivity index (χ1n) is 7.97. The average molecular weight is 302 g/mol. The summed E-state index contributed by atoms with van der Waals surface area (Å²) in [5, 5.41) is 9.89. The van der Waals surface area contributed by atoms with Crippen LogP contribution in [-0.2, 0) is 5.54 Å². The fourth-order valence-corrected chi connectivity index (χ4v) is 3.62. The van der Waals surface area contributed by atoms with Gasteiger partial charge in [0.2, 0.25) is 0 Å². The monoisotopic (exact) mass is 302 g/mol. The number of likely N-dealkylation sites (N-methyl/N-ethyl adjacent to an activating group) is 1. The second-order valence-electron chi connectivity index (χ2n) is 6.58. The van der Waals surface area contributed by atoms with Crippen LogP contribution in [0.1, 0.15) is 31.0 Å². The molecule has 0 amide bonds. The van der Waals surface area contributed by atoms with Gasteiger partial charge in [0.15, 0.2) is 0 Å². The third-order valence-corrected chi connectivity index (χ3v) is 5.46. The van der Waals surface area contributed by atoms with Crippen LogP contribution < -0.4 is 0 Å². The van der Waals surface area contributed by atoms with E-state index in [-0.39, 0.29) is 6.04 Å². The molecule has 2 heteroatoms. The molecule has 1 heterocycles. The van der Waals surface area contributed by atoms with E-state index in [9.17, 15) is 5.26 Å². The quantitative estimate of drug-likeness (QED) is 0.753. The van der Waals surface area contributed by atoms with Crippen molar-refractivity contribution in [1.29, 1.82) is 5.26 Å². The van der Waals surface area contributed by atoms with Gasteiger partial charge in [-0.3, -0.25) is 4.90 Å². The maximum absolute atomic E-state index is 9.89. The van der Waals surface area contributed by atoms with E-state index in [0.29, 0.717) is 0 Å². The summed E-state index contributed by atoms with van der Waals surface area (Å²) in [6, 6.07) is 23.5. The first-order chi connectivity index (χ1) is 11.0. The highest BCUT2D eigenvalue weighted by atomic mass is 15.2. The average Bonchev–Trinajstić information content (AvgIpc) is 2.61. The van der Waals surface area contributed by atoms with Gasteiger partial charge in [-0.15, -0.1) is 0 Å². The summed E-state index contributed by atoms with van der Waals surface area (Å²) < 4.78 is 0. The number of rotatable bonds is 2. The Morgan fingerprint density at radius 3 is 2.09 bits per heavy atom. The zero-order valence-electron chi connectivity index (χ0n) is 13.9. The molecule has 116 valence electrons. The van der Waals surface area contributed by atoms with Crippen LogP contribution in [0.15, 0.2) is 72.8 Å². The lowest BCUT2D eigenvalue weighted by Gasteiger charge is -2.53. The van der Waals surface area contributed by atoms with Gasteiger partial charge in [-0.1, -0.05) is 72.8 Å². The molecule has 23 heavy (non-hydrogen) atoms. The van der Waals surface area contributed by atoms with E-state index >= 15 is 0 Å². The van der Waals surface area contributed by atoms with E-state index in [2.05, 4.69) is 73.5 Å². The van der Waals surface area contributed by atoms with Crippen LogP contribution in [0, 0.1) is 16.7 Å². The predicted molar refractivity (Wildman–Crippen MR) is 93.6 cm³/mol. The second-order valence-corrected chi connectivity index (χ2v) is 6.58. The maximum atomic E-state index is 9.89. The molecule has 0 aromatic heterocycles. The van der Waals surface area contributed by atoms with Crippen molar-refractivity contribution in [3.8, 4) is 6.07 Å². The Balaban J connectivity index is 2.17. The minimum absolute atomic E-state index is 0.155. The van der Waals surface area contributed by atoms with Gasteiger partial charge in [0, 0.05) is 0 Å². The summed E-state index contributed by atoms with van der Waals surface area (Å²) in [5.74, 6) is 0. The molecule has 1 aliphatic rings. The summed E-state index contributed by atoms with van der Waals surface area (Å²) in [6.45, 7) is 4.19. The zero-order chi connectivity index (χ0) is 16.5. The highest BCUT2D eigenvalue weighted by Gasteiger charge is 2.51. The van der Waals surface area contributed by atoms with Crippen molar-refractivity contribution >= 4 is 0 Å². The van der Waals surface area contributed by atoms with Crippen LogP contribution >= 0.6 is 0 Å². The van der Waals surface area contributed by atoms with Crippen molar-refractivity contribution in [2.45, 2.75) is 25.4 Å². The zero-order valence-corrected chi connectivity index (χ0v) is 13.9. The van der Waals surface area contributed by atoms with Gasteiger partial charge in [-0.25, -0.2) is 0 Å². The fourth-order valence-electron chi connectivity index (χ4n) is 3.62. The summed E-state index contributed by atoms with van der Waals surface area (Å²) in [6.07, 6.45) is 4.24. The molecule has 0 saturated carbocycles. The van der Waals surface area contributed by atoms with Crippen molar-refractivity contribution < 1.29 is 0 Å². The number of nitriles is 1. The first-order valence-corrected chi connectivity index (χ1v) is 7.97. The predicted octanol–water partition coefficient (Wildman–Crippen LogP) is 4.67. The molecule has 0 fully saturated rings. The number of benzene rings is 2. The molecular weight excluding hydrogens is 280 g/mol. The van der Waals surface area contributed by atoms with E-state index in [1.54, 1.807) is 0 Å². The Labute approximate surface area is 138 Å². The molecule has 2 nitrogen and oxygen atoms in total. The summed E-state index contributed by atoms with van der Waals surface area (Å²) >= 11 is 0. The SMILES string of the molecule is CN1C(c2ccccc2)C=CC(C)(C#N)C1(C)c1ccccc1. The lowest BCUT2D eigenvalue weighted by molar-refractivity contribution is 0.0255. The number of hydrogen-bond acceptors (Lipinski definition) is 2. The van der Waals surface area contributed by atoms with Gasteiger partial charge >= 0.3 is 0 Å². The van der Waals surface area contributed by atoms with E-state index in [1.165, 1.54) is 5.56 Å². The smallest absolute Gasteiger partial charge is 0.0948 e. The van der Waals surface area contributed by atoms with Crippen molar-refractivity contribution in [2.24, 2.45) is 5.41 Å². The van der Waals surface area contributed by atoms with E-state index in [0.717, 1.165) is 5.56 Å². The normalized spacial score (nSPS) is 30.8. The molecule has 2 aromatic carbocycles. The Morgan fingerprint density at radius 2 is 1.52 bits per heavy atom. The molecule has 0 spiro atoms. The van der Waals surface area contributed by atoms with E-state index in [1.807, 2.05) is 31.2 Å². The molecule has 0 saturated heterocycles. The molecule has 3 atom stereocenters. The van der Waals surface area contributed by atoms with Gasteiger partial charge in [0.05, 0.1) is 23.1 Å². The molecule has 3 unspecified atom stereocenters. The topological polar surface area (TPSA) is 27.0 Å². The van der Waals surface area contributed by atoms with Gasteiger partial charge in [-0.2, -0.15) is 5.26 Å². The molecular formula is C21H22N2. The minimum atomic E-state index is -0.589. The van der Waals surface area contributed by atoms with Gasteiger partial charge in [0.1, 0.15) is 0 Å². The lowest BCUT2D eigenvalue weighted by atomic mass is 9.65. The number of hydrogen-bond donors (Lipinski definition) is 0. The molecule has 0 aliphatic carbocycles. The molecule has 0 bridgehead atoms. The summed E-state index contributed by atoms with van der Waals surface area (Å²) in [5.41, 5.74) is 1.41. The van der Waals surface area contributed by atoms with Crippen molar-refractivity contribution in [2.75, 3.05) is 7.05 Å². The molecule has 3 rings (SSSR count). The van der Waals surface area contributed by atoms with E-state index < -0.39 is 11.0 Å². The Morgan fingerprint density at radius 1 is 0.957 bits per heavy atom. The second kappa shape index (κ2) is 5.68. The fraction of sp³-hybridized carbons (Fsp3) is 0.286. The van der Waals surface area contributed by atoms with E-state index in [4.69, 9.17) is 0 Å². The van der Waals surface area contributed by atoms with Crippen LogP contribution in [-0.4, -0.2) is 11.9 Å². The third kappa shape index (κ3) is 2.29. The van der Waals surface area contributed by atoms with Crippen LogP contribution in [0.2, 0.25) is 0 Å². The molecule has 0 radical (unpaired) electrons. The first kappa shape index (κ1) is 15.5. The van der Waals surface area contributed by atoms with Gasteiger partial charge < -0.3 is 0 Å². The molecule has 2 aromatic rings. The number of nitrogens with zero attached hydrogens (tertiary/aromatic N) is 2. The van der Waals surface area contributed by atoms with Crippen molar-refractivity contribution in [3.63, 3.8) is 0 Å². The van der Waals surface area contributed by atoms with Crippen LogP contribution in [0.3, 0.4) is 0 Å². The molecule has 0 N–H and O–H groups in total. The van der Waals surface area contributed by atoms with Crippen LogP contribution in [0.5, 0.6) is 0 Å². The minimum Gasteiger partial charge on any atom is -0.285 e. The maximum Gasteiger partial charge on any atom is 0.0948 e. The van der Waals surface area contributed by atoms with Crippen LogP contribution in [0.25, 0.3) is 0 Å². The Hall–Kier alpha value is -2.37. The van der Waals surface area contributed by atoms with Crippen LogP contribution in [0.4, 0.5) is 0 Å².